The summed E-state index contributed by atoms with van der Waals surface area (Å²) in [5.74, 6) is 1.21. The van der Waals surface area contributed by atoms with Crippen molar-refractivity contribution in [3.05, 3.63) is 33.2 Å². The highest BCUT2D eigenvalue weighted by Gasteiger charge is 2.23. The van der Waals surface area contributed by atoms with Gasteiger partial charge in [-0.25, -0.2) is 4.68 Å². The third-order valence-corrected chi connectivity index (χ3v) is 5.25. The third kappa shape index (κ3) is 4.17. The first-order valence-electron chi connectivity index (χ1n) is 7.86. The molecule has 1 fully saturated rings. The Bertz CT molecular complexity index is 774. The molecular formula is C16H20N4O3S2. The highest BCUT2D eigenvalue weighted by molar-refractivity contribution is 7.73. The summed E-state index contributed by atoms with van der Waals surface area (Å²) in [5.41, 5.74) is 2.32. The van der Waals surface area contributed by atoms with Gasteiger partial charge in [-0.2, -0.15) is 5.10 Å². The SMILES string of the molecule is COc1cc(OC)cc(C(=O)N2CCN(Cn3ncsc3=S)CC2)c1. The number of amides is 1. The van der Waals surface area contributed by atoms with Gasteiger partial charge >= 0.3 is 0 Å². The van der Waals surface area contributed by atoms with Crippen molar-refractivity contribution in [1.82, 2.24) is 19.6 Å². The van der Waals surface area contributed by atoms with Gasteiger partial charge in [0.25, 0.3) is 5.91 Å². The van der Waals surface area contributed by atoms with Crippen molar-refractivity contribution in [2.75, 3.05) is 40.4 Å². The number of hydrogen-bond donors (Lipinski definition) is 0. The van der Waals surface area contributed by atoms with Crippen LogP contribution in [0.2, 0.25) is 0 Å². The van der Waals surface area contributed by atoms with Gasteiger partial charge in [0.2, 0.25) is 0 Å². The molecule has 1 aromatic carbocycles. The first-order valence-corrected chi connectivity index (χ1v) is 9.15. The maximum absolute atomic E-state index is 12.8. The average Bonchev–Trinajstić information content (AvgIpc) is 3.06. The lowest BCUT2D eigenvalue weighted by atomic mass is 10.1. The fraction of sp³-hybridized carbons (Fsp3) is 0.438. The average molecular weight is 380 g/mol. The normalized spacial score (nSPS) is 15.2. The van der Waals surface area contributed by atoms with E-state index in [1.54, 1.807) is 37.9 Å². The molecule has 0 N–H and O–H groups in total. The van der Waals surface area contributed by atoms with Crippen molar-refractivity contribution in [1.29, 1.82) is 0 Å². The van der Waals surface area contributed by atoms with E-state index >= 15 is 0 Å². The second kappa shape index (κ2) is 7.94. The first kappa shape index (κ1) is 17.8. The van der Waals surface area contributed by atoms with Crippen LogP contribution in [0.4, 0.5) is 0 Å². The van der Waals surface area contributed by atoms with Gasteiger partial charge < -0.3 is 14.4 Å². The van der Waals surface area contributed by atoms with Crippen LogP contribution in [0.5, 0.6) is 11.5 Å². The van der Waals surface area contributed by atoms with E-state index in [0.29, 0.717) is 36.8 Å². The first-order chi connectivity index (χ1) is 12.1. The van der Waals surface area contributed by atoms with Crippen molar-refractivity contribution in [2.24, 2.45) is 0 Å². The van der Waals surface area contributed by atoms with Gasteiger partial charge in [-0.1, -0.05) is 11.3 Å². The number of methoxy groups -OCH3 is 2. The number of carbonyl (C=O) groups excluding carboxylic acids is 1. The number of piperazine rings is 1. The Labute approximate surface area is 155 Å². The Kier molecular flexibility index (Phi) is 5.67. The molecule has 2 aromatic rings. The van der Waals surface area contributed by atoms with E-state index in [9.17, 15) is 4.79 Å². The molecule has 1 saturated heterocycles. The molecule has 1 aliphatic heterocycles. The zero-order valence-electron chi connectivity index (χ0n) is 14.2. The van der Waals surface area contributed by atoms with Crippen molar-refractivity contribution in [2.45, 2.75) is 6.67 Å². The summed E-state index contributed by atoms with van der Waals surface area (Å²) in [6.45, 7) is 3.56. The second-order valence-corrected chi connectivity index (χ2v) is 7.14. The zero-order chi connectivity index (χ0) is 17.8. The van der Waals surface area contributed by atoms with Gasteiger partial charge in [0.1, 0.15) is 17.0 Å². The van der Waals surface area contributed by atoms with Crippen LogP contribution in [0, 0.1) is 3.95 Å². The van der Waals surface area contributed by atoms with Crippen LogP contribution < -0.4 is 9.47 Å². The largest absolute Gasteiger partial charge is 0.497 e. The standard InChI is InChI=1S/C16H20N4O3S2/c1-22-13-7-12(8-14(9-13)23-2)15(21)19-5-3-18(4-6-19)11-20-16(24)25-10-17-20/h7-10H,3-6,11H2,1-2H3. The molecule has 2 heterocycles. The highest BCUT2D eigenvalue weighted by Crippen LogP contribution is 2.23. The van der Waals surface area contributed by atoms with Gasteiger partial charge in [0, 0.05) is 37.8 Å². The van der Waals surface area contributed by atoms with Crippen LogP contribution in [0.25, 0.3) is 0 Å². The number of hydrogen-bond acceptors (Lipinski definition) is 7. The lowest BCUT2D eigenvalue weighted by Gasteiger charge is -2.34. The van der Waals surface area contributed by atoms with Crippen molar-refractivity contribution < 1.29 is 14.3 Å². The Morgan fingerprint density at radius 1 is 1.16 bits per heavy atom. The van der Waals surface area contributed by atoms with Gasteiger partial charge in [0.15, 0.2) is 3.95 Å². The summed E-state index contributed by atoms with van der Waals surface area (Å²) in [6, 6.07) is 5.24. The number of carbonyl (C=O) groups is 1. The molecule has 25 heavy (non-hydrogen) atoms. The number of benzene rings is 1. The van der Waals surface area contributed by atoms with Gasteiger partial charge in [-0.05, 0) is 24.4 Å². The molecule has 0 spiro atoms. The van der Waals surface area contributed by atoms with E-state index in [1.165, 1.54) is 11.3 Å². The minimum absolute atomic E-state index is 0.0119. The molecule has 0 radical (unpaired) electrons. The minimum atomic E-state index is -0.0119. The topological polar surface area (TPSA) is 59.8 Å². The van der Waals surface area contributed by atoms with Gasteiger partial charge in [-0.15, -0.1) is 0 Å². The summed E-state index contributed by atoms with van der Waals surface area (Å²) in [7, 11) is 3.15. The maximum atomic E-state index is 12.8. The maximum Gasteiger partial charge on any atom is 0.254 e. The molecule has 1 aliphatic rings. The van der Waals surface area contributed by atoms with Crippen LogP contribution in [-0.4, -0.2) is 65.9 Å². The monoisotopic (exact) mass is 380 g/mol. The fourth-order valence-corrected chi connectivity index (χ4v) is 3.43. The molecular weight excluding hydrogens is 360 g/mol. The molecule has 3 rings (SSSR count). The van der Waals surface area contributed by atoms with E-state index in [4.69, 9.17) is 21.7 Å². The molecule has 1 amide bonds. The predicted octanol–water partition coefficient (Wildman–Crippen LogP) is 2.11. The van der Waals surface area contributed by atoms with E-state index in [-0.39, 0.29) is 5.91 Å². The molecule has 7 nitrogen and oxygen atoms in total. The minimum Gasteiger partial charge on any atom is -0.497 e. The zero-order valence-corrected chi connectivity index (χ0v) is 15.8. The Morgan fingerprint density at radius 2 is 1.80 bits per heavy atom. The number of aromatic nitrogens is 2. The van der Waals surface area contributed by atoms with Crippen molar-refractivity contribution in [3.63, 3.8) is 0 Å². The summed E-state index contributed by atoms with van der Waals surface area (Å²) in [5, 5.41) is 4.23. The molecule has 0 aliphatic carbocycles. The Morgan fingerprint density at radius 3 is 2.32 bits per heavy atom. The summed E-state index contributed by atoms with van der Waals surface area (Å²) >= 11 is 6.69. The molecule has 9 heteroatoms. The van der Waals surface area contributed by atoms with E-state index in [1.807, 2.05) is 9.58 Å². The third-order valence-electron chi connectivity index (χ3n) is 4.14. The van der Waals surface area contributed by atoms with E-state index in [2.05, 4.69) is 10.00 Å². The predicted molar refractivity (Wildman–Crippen MR) is 98.0 cm³/mol. The van der Waals surface area contributed by atoms with Crippen LogP contribution in [-0.2, 0) is 6.67 Å². The number of ether oxygens (including phenoxy) is 2. The molecule has 0 unspecified atom stereocenters. The number of nitrogens with zero attached hydrogens (tertiary/aromatic N) is 4. The van der Waals surface area contributed by atoms with Crippen molar-refractivity contribution >= 4 is 29.5 Å². The quantitative estimate of drug-likeness (QED) is 0.741. The summed E-state index contributed by atoms with van der Waals surface area (Å²) < 4.78 is 13.1. The fourth-order valence-electron chi connectivity index (χ4n) is 2.72. The lowest BCUT2D eigenvalue weighted by molar-refractivity contribution is 0.0585. The van der Waals surface area contributed by atoms with Crippen LogP contribution in [0.3, 0.4) is 0 Å². The molecule has 0 saturated carbocycles. The molecule has 1 aromatic heterocycles. The van der Waals surface area contributed by atoms with Crippen LogP contribution in [0.15, 0.2) is 23.7 Å². The highest BCUT2D eigenvalue weighted by atomic mass is 32.1. The summed E-state index contributed by atoms with van der Waals surface area (Å²) in [6.07, 6.45) is 0. The molecule has 0 bridgehead atoms. The Balaban J connectivity index is 1.63. The van der Waals surface area contributed by atoms with E-state index in [0.717, 1.165) is 17.0 Å². The van der Waals surface area contributed by atoms with Crippen LogP contribution >= 0.6 is 23.6 Å². The van der Waals surface area contributed by atoms with Gasteiger partial charge in [0.05, 0.1) is 20.9 Å². The summed E-state index contributed by atoms with van der Waals surface area (Å²) in [4.78, 5) is 16.9. The van der Waals surface area contributed by atoms with E-state index < -0.39 is 0 Å². The molecule has 134 valence electrons. The van der Waals surface area contributed by atoms with Gasteiger partial charge in [-0.3, -0.25) is 9.69 Å². The molecule has 0 atom stereocenters. The van der Waals surface area contributed by atoms with Crippen LogP contribution in [0.1, 0.15) is 10.4 Å². The lowest BCUT2D eigenvalue weighted by Crippen LogP contribution is -2.49. The Hall–Kier alpha value is -1.97. The van der Waals surface area contributed by atoms with Crippen molar-refractivity contribution in [3.8, 4) is 11.5 Å². The number of rotatable bonds is 5. The smallest absolute Gasteiger partial charge is 0.254 e. The second-order valence-electron chi connectivity index (χ2n) is 5.66.